The molecule has 0 unspecified atom stereocenters. The van der Waals surface area contributed by atoms with E-state index in [1.165, 1.54) is 4.72 Å². The standard InChI is InChI=1S/C4H9NO4S.Na.H/c1-2-3-4(6)5-10(7,8)9;;/h2-3H2,1H3,(H,5,6)(H,7,8,9);;. The Hall–Kier alpha value is 0.380. The Balaban J connectivity index is 0. The third-order valence-electron chi connectivity index (χ3n) is 0.720. The van der Waals surface area contributed by atoms with Gasteiger partial charge >= 0.3 is 39.9 Å². The zero-order chi connectivity index (χ0) is 8.20. The normalized spacial score (nSPS) is 10.0. The van der Waals surface area contributed by atoms with Gasteiger partial charge in [-0.1, -0.05) is 6.92 Å². The van der Waals surface area contributed by atoms with Crippen LogP contribution in [0.5, 0.6) is 0 Å². The van der Waals surface area contributed by atoms with E-state index in [4.69, 9.17) is 4.55 Å². The van der Waals surface area contributed by atoms with Crippen LogP contribution in [-0.4, -0.2) is 48.4 Å². The maximum atomic E-state index is 10.4. The molecule has 0 fully saturated rings. The van der Waals surface area contributed by atoms with Gasteiger partial charge in [0.2, 0.25) is 5.91 Å². The Morgan fingerprint density at radius 2 is 2.00 bits per heavy atom. The Bertz CT molecular complexity index is 212. The zero-order valence-corrected chi connectivity index (χ0v) is 6.31. The van der Waals surface area contributed by atoms with Gasteiger partial charge in [-0.15, -0.1) is 0 Å². The Labute approximate surface area is 87.7 Å². The fraction of sp³-hybridized carbons (Fsp3) is 0.750. The van der Waals surface area contributed by atoms with Crippen LogP contribution >= 0.6 is 0 Å². The Morgan fingerprint density at radius 3 is 2.27 bits per heavy atom. The molecular weight excluding hydrogens is 181 g/mol. The molecule has 0 spiro atoms. The quantitative estimate of drug-likeness (QED) is 0.445. The van der Waals surface area contributed by atoms with Crippen LogP contribution < -0.4 is 4.72 Å². The summed E-state index contributed by atoms with van der Waals surface area (Å²) in [4.78, 5) is 10.4. The third-order valence-corrected chi connectivity index (χ3v) is 1.21. The summed E-state index contributed by atoms with van der Waals surface area (Å²) in [5.41, 5.74) is 0. The van der Waals surface area contributed by atoms with E-state index in [9.17, 15) is 13.2 Å². The van der Waals surface area contributed by atoms with Crippen LogP contribution in [0, 0.1) is 0 Å². The van der Waals surface area contributed by atoms with Crippen LogP contribution in [0.1, 0.15) is 19.8 Å². The van der Waals surface area contributed by atoms with E-state index in [1.54, 1.807) is 6.92 Å². The van der Waals surface area contributed by atoms with Crippen LogP contribution in [0.25, 0.3) is 0 Å². The first-order chi connectivity index (χ1) is 4.45. The van der Waals surface area contributed by atoms with Gasteiger partial charge in [-0.25, -0.2) is 4.72 Å². The van der Waals surface area contributed by atoms with E-state index < -0.39 is 16.2 Å². The van der Waals surface area contributed by atoms with Crippen molar-refractivity contribution < 1.29 is 17.8 Å². The molecule has 0 bridgehead atoms. The minimum atomic E-state index is -4.35. The molecule has 0 aromatic rings. The summed E-state index contributed by atoms with van der Waals surface area (Å²) in [7, 11) is -4.35. The number of amides is 1. The van der Waals surface area contributed by atoms with Gasteiger partial charge in [0.05, 0.1) is 0 Å². The van der Waals surface area contributed by atoms with Crippen molar-refractivity contribution in [1.82, 2.24) is 4.72 Å². The number of hydrogen-bond acceptors (Lipinski definition) is 3. The summed E-state index contributed by atoms with van der Waals surface area (Å²) in [6.45, 7) is 1.73. The van der Waals surface area contributed by atoms with Crippen molar-refractivity contribution in [3.8, 4) is 0 Å². The molecule has 0 aliphatic rings. The van der Waals surface area contributed by atoms with Crippen LogP contribution in [-0.2, 0) is 15.1 Å². The van der Waals surface area contributed by atoms with E-state index in [1.807, 2.05) is 0 Å². The molecule has 0 aromatic carbocycles. The van der Waals surface area contributed by atoms with Crippen molar-refractivity contribution in [2.75, 3.05) is 0 Å². The number of carbonyl (C=O) groups excluding carboxylic acids is 1. The average molecular weight is 191 g/mol. The summed E-state index contributed by atoms with van der Waals surface area (Å²) in [5, 5.41) is 0. The monoisotopic (exact) mass is 191 g/mol. The van der Waals surface area contributed by atoms with Gasteiger partial charge < -0.3 is 0 Å². The van der Waals surface area contributed by atoms with Crippen molar-refractivity contribution >= 4 is 45.8 Å². The van der Waals surface area contributed by atoms with Gasteiger partial charge in [0.1, 0.15) is 0 Å². The van der Waals surface area contributed by atoms with Crippen molar-refractivity contribution in [2.45, 2.75) is 19.8 Å². The van der Waals surface area contributed by atoms with Crippen LogP contribution in [0.4, 0.5) is 0 Å². The van der Waals surface area contributed by atoms with Gasteiger partial charge in [-0.05, 0) is 6.42 Å². The second-order valence-corrected chi connectivity index (χ2v) is 2.90. The molecule has 2 N–H and O–H groups in total. The van der Waals surface area contributed by atoms with Gasteiger partial charge in [0, 0.05) is 6.42 Å². The van der Waals surface area contributed by atoms with E-state index >= 15 is 0 Å². The van der Waals surface area contributed by atoms with Crippen LogP contribution in [0.15, 0.2) is 0 Å². The first-order valence-electron chi connectivity index (χ1n) is 2.73. The topological polar surface area (TPSA) is 83.5 Å². The van der Waals surface area contributed by atoms with Crippen molar-refractivity contribution in [3.05, 3.63) is 0 Å². The van der Waals surface area contributed by atoms with Crippen molar-refractivity contribution in [2.24, 2.45) is 0 Å². The zero-order valence-electron chi connectivity index (χ0n) is 5.49. The number of carbonyl (C=O) groups is 1. The van der Waals surface area contributed by atoms with Gasteiger partial charge in [-0.3, -0.25) is 9.35 Å². The summed E-state index contributed by atoms with van der Waals surface area (Å²) >= 11 is 0. The molecule has 0 aromatic heterocycles. The molecule has 0 heterocycles. The second-order valence-electron chi connectivity index (χ2n) is 1.75. The molecule has 62 valence electrons. The van der Waals surface area contributed by atoms with E-state index in [0.717, 1.165) is 0 Å². The molecule has 0 radical (unpaired) electrons. The van der Waals surface area contributed by atoms with Crippen molar-refractivity contribution in [1.29, 1.82) is 0 Å². The summed E-state index contributed by atoms with van der Waals surface area (Å²) in [6, 6.07) is 0. The van der Waals surface area contributed by atoms with Crippen molar-refractivity contribution in [3.63, 3.8) is 0 Å². The summed E-state index contributed by atoms with van der Waals surface area (Å²) in [6.07, 6.45) is 0.640. The molecular formula is C4H10NNaO4S. The fourth-order valence-electron chi connectivity index (χ4n) is 0.422. The molecule has 0 aliphatic heterocycles. The molecule has 1 amide bonds. The number of nitrogens with one attached hydrogen (secondary N) is 1. The summed E-state index contributed by atoms with van der Waals surface area (Å²) in [5.74, 6) is -0.690. The van der Waals surface area contributed by atoms with Gasteiger partial charge in [0.15, 0.2) is 0 Å². The number of hydrogen-bond donors (Lipinski definition) is 2. The van der Waals surface area contributed by atoms with Crippen LogP contribution in [0.2, 0.25) is 0 Å². The van der Waals surface area contributed by atoms with Gasteiger partial charge in [-0.2, -0.15) is 8.42 Å². The number of rotatable bonds is 3. The maximum absolute atomic E-state index is 10.4. The molecule has 7 heteroatoms. The Kier molecular flexibility index (Phi) is 7.55. The molecule has 0 saturated carbocycles. The fourth-order valence-corrected chi connectivity index (χ4v) is 0.812. The second kappa shape index (κ2) is 5.96. The molecule has 5 nitrogen and oxygen atoms in total. The first-order valence-corrected chi connectivity index (χ1v) is 4.17. The van der Waals surface area contributed by atoms with Gasteiger partial charge in [0.25, 0.3) is 0 Å². The van der Waals surface area contributed by atoms with Crippen LogP contribution in [0.3, 0.4) is 0 Å². The third kappa shape index (κ3) is 10.4. The van der Waals surface area contributed by atoms with E-state index in [-0.39, 0.29) is 36.0 Å². The first kappa shape index (κ1) is 13.9. The van der Waals surface area contributed by atoms with E-state index in [2.05, 4.69) is 0 Å². The predicted molar refractivity (Wildman–Crippen MR) is 41.7 cm³/mol. The molecule has 0 rings (SSSR count). The predicted octanol–water partition coefficient (Wildman–Crippen LogP) is -0.943. The summed E-state index contributed by atoms with van der Waals surface area (Å²) < 4.78 is 29.3. The Morgan fingerprint density at radius 1 is 1.55 bits per heavy atom. The molecule has 11 heavy (non-hydrogen) atoms. The SMILES string of the molecule is CCCC(=O)NS(=O)(=O)O.[NaH]. The minimum absolute atomic E-state index is 0. The molecule has 0 saturated heterocycles. The molecule has 0 aliphatic carbocycles. The average Bonchev–Trinajstić information content (AvgIpc) is 1.59. The molecule has 0 atom stereocenters. The van der Waals surface area contributed by atoms with E-state index in [0.29, 0.717) is 6.42 Å².